The van der Waals surface area contributed by atoms with E-state index in [0.29, 0.717) is 12.0 Å². The van der Waals surface area contributed by atoms with Gasteiger partial charge in [-0.05, 0) is 37.8 Å². The molecule has 2 aromatic heterocycles. The highest BCUT2D eigenvalue weighted by Gasteiger charge is 2.26. The van der Waals surface area contributed by atoms with Crippen LogP contribution >= 0.6 is 0 Å². The van der Waals surface area contributed by atoms with E-state index in [4.69, 9.17) is 0 Å². The van der Waals surface area contributed by atoms with Crippen LogP contribution in [0, 0.1) is 12.8 Å². The molecule has 1 N–H and O–H groups in total. The first kappa shape index (κ1) is 18.6. The smallest absolute Gasteiger partial charge is 0.269 e. The first-order chi connectivity index (χ1) is 12.5. The maximum Gasteiger partial charge on any atom is 0.269 e. The molecule has 26 heavy (non-hydrogen) atoms. The van der Waals surface area contributed by atoms with Gasteiger partial charge in [-0.2, -0.15) is 5.10 Å². The van der Waals surface area contributed by atoms with Gasteiger partial charge in [0, 0.05) is 49.7 Å². The Balaban J connectivity index is 1.70. The molecule has 0 radical (unpaired) electrons. The first-order valence-corrected chi connectivity index (χ1v) is 9.41. The summed E-state index contributed by atoms with van der Waals surface area (Å²) in [5.74, 6) is 0.603. The van der Waals surface area contributed by atoms with Gasteiger partial charge in [0.2, 0.25) is 0 Å². The lowest BCUT2D eigenvalue weighted by atomic mass is 10.0. The van der Waals surface area contributed by atoms with Crippen molar-refractivity contribution in [2.24, 2.45) is 5.92 Å². The molecule has 0 bridgehead atoms. The van der Waals surface area contributed by atoms with E-state index in [2.05, 4.69) is 51.8 Å². The number of nitrogens with one attached hydrogen (secondary N) is 1. The first-order valence-electron chi connectivity index (χ1n) is 9.41. The van der Waals surface area contributed by atoms with Crippen LogP contribution in [0.25, 0.3) is 0 Å². The molecule has 0 aromatic carbocycles. The number of piperazine rings is 1. The van der Waals surface area contributed by atoms with E-state index in [0.717, 1.165) is 43.9 Å². The van der Waals surface area contributed by atoms with E-state index in [1.54, 1.807) is 6.20 Å². The Hall–Kier alpha value is -2.21. The molecule has 0 amide bonds. The minimum Gasteiger partial charge on any atom is -0.365 e. The van der Waals surface area contributed by atoms with Gasteiger partial charge >= 0.3 is 0 Å². The zero-order valence-electron chi connectivity index (χ0n) is 16.2. The third-order valence-corrected chi connectivity index (χ3v) is 5.08. The number of rotatable bonds is 5. The molecule has 1 fully saturated rings. The topological polar surface area (TPSA) is 65.1 Å². The fourth-order valence-corrected chi connectivity index (χ4v) is 3.70. The largest absolute Gasteiger partial charge is 0.365 e. The van der Waals surface area contributed by atoms with Crippen LogP contribution in [-0.2, 0) is 13.0 Å². The van der Waals surface area contributed by atoms with Crippen molar-refractivity contribution in [3.05, 3.63) is 51.7 Å². The molecule has 6 heteroatoms. The van der Waals surface area contributed by atoms with E-state index in [1.807, 2.05) is 19.2 Å². The Morgan fingerprint density at radius 1 is 1.35 bits per heavy atom. The van der Waals surface area contributed by atoms with Crippen LogP contribution in [0.4, 0.5) is 5.69 Å². The quantitative estimate of drug-likeness (QED) is 0.892. The normalized spacial score (nSPS) is 18.5. The van der Waals surface area contributed by atoms with Crippen molar-refractivity contribution in [3.8, 4) is 0 Å². The number of aromatic nitrogens is 3. The number of H-pyrrole nitrogens is 1. The van der Waals surface area contributed by atoms with E-state index >= 15 is 0 Å². The van der Waals surface area contributed by atoms with Crippen molar-refractivity contribution < 1.29 is 0 Å². The highest BCUT2D eigenvalue weighted by Crippen LogP contribution is 2.23. The van der Waals surface area contributed by atoms with E-state index in [1.165, 1.54) is 11.3 Å². The number of hydrogen-bond acceptors (Lipinski definition) is 5. The fraction of sp³-hybridized carbons (Fsp3) is 0.550. The molecule has 1 aliphatic heterocycles. The lowest BCUT2D eigenvalue weighted by Crippen LogP contribution is -2.52. The van der Waals surface area contributed by atoms with Crippen LogP contribution in [0.2, 0.25) is 0 Å². The third-order valence-electron chi connectivity index (χ3n) is 5.08. The Morgan fingerprint density at radius 3 is 2.88 bits per heavy atom. The number of anilines is 1. The highest BCUT2D eigenvalue weighted by atomic mass is 16.1. The van der Waals surface area contributed by atoms with Crippen LogP contribution in [0.15, 0.2) is 29.3 Å². The molecule has 6 nitrogen and oxygen atoms in total. The van der Waals surface area contributed by atoms with Gasteiger partial charge in [0.15, 0.2) is 0 Å². The average molecular weight is 355 g/mol. The number of hydrogen-bond donors (Lipinski definition) is 1. The second-order valence-corrected chi connectivity index (χ2v) is 7.69. The van der Waals surface area contributed by atoms with Crippen LogP contribution in [-0.4, -0.2) is 45.8 Å². The summed E-state index contributed by atoms with van der Waals surface area (Å²) in [7, 11) is 0. The molecule has 1 atom stereocenters. The molecule has 3 rings (SSSR count). The van der Waals surface area contributed by atoms with Gasteiger partial charge in [0.25, 0.3) is 5.56 Å². The SMILES string of the molecule is Cc1c(N2CCN(Cc3cccnc3CC(C)C)CC2C)cn[nH]c1=O. The van der Waals surface area contributed by atoms with Crippen molar-refractivity contribution in [1.29, 1.82) is 0 Å². The van der Waals surface area contributed by atoms with Crippen LogP contribution < -0.4 is 10.5 Å². The second kappa shape index (κ2) is 7.99. The Kier molecular flexibility index (Phi) is 5.71. The summed E-state index contributed by atoms with van der Waals surface area (Å²) in [6.07, 6.45) is 4.68. The van der Waals surface area contributed by atoms with Gasteiger partial charge in [-0.1, -0.05) is 19.9 Å². The highest BCUT2D eigenvalue weighted by molar-refractivity contribution is 5.51. The molecule has 1 aliphatic rings. The van der Waals surface area contributed by atoms with Gasteiger partial charge in [0.05, 0.1) is 11.9 Å². The van der Waals surface area contributed by atoms with Crippen LogP contribution in [0.1, 0.15) is 37.6 Å². The second-order valence-electron chi connectivity index (χ2n) is 7.69. The molecule has 0 saturated carbocycles. The van der Waals surface area contributed by atoms with Gasteiger partial charge in [-0.15, -0.1) is 0 Å². The average Bonchev–Trinajstić information content (AvgIpc) is 2.59. The summed E-state index contributed by atoms with van der Waals surface area (Å²) >= 11 is 0. The predicted octanol–water partition coefficient (Wildman–Crippen LogP) is 2.38. The number of pyridine rings is 1. The van der Waals surface area contributed by atoms with Crippen LogP contribution in [0.3, 0.4) is 0 Å². The molecule has 140 valence electrons. The minimum atomic E-state index is -0.106. The summed E-state index contributed by atoms with van der Waals surface area (Å²) in [6, 6.07) is 4.56. The molecule has 0 spiro atoms. The Labute approximate surface area is 155 Å². The Morgan fingerprint density at radius 2 is 2.15 bits per heavy atom. The summed E-state index contributed by atoms with van der Waals surface area (Å²) in [6.45, 7) is 12.3. The van der Waals surface area contributed by atoms with Crippen molar-refractivity contribution in [1.82, 2.24) is 20.1 Å². The van der Waals surface area contributed by atoms with Crippen LogP contribution in [0.5, 0.6) is 0 Å². The molecule has 2 aromatic rings. The van der Waals surface area contributed by atoms with Gasteiger partial charge in [-0.25, -0.2) is 5.10 Å². The summed E-state index contributed by atoms with van der Waals surface area (Å²) < 4.78 is 0. The number of nitrogens with zero attached hydrogens (tertiary/aromatic N) is 4. The van der Waals surface area contributed by atoms with E-state index in [-0.39, 0.29) is 5.56 Å². The summed E-state index contributed by atoms with van der Waals surface area (Å²) in [5.41, 5.74) is 4.13. The van der Waals surface area contributed by atoms with Gasteiger partial charge in [-0.3, -0.25) is 14.7 Å². The van der Waals surface area contributed by atoms with Gasteiger partial charge < -0.3 is 4.90 Å². The van der Waals surface area contributed by atoms with Crippen molar-refractivity contribution in [2.45, 2.75) is 46.7 Å². The molecule has 3 heterocycles. The Bertz CT molecular complexity index is 801. The number of aromatic amines is 1. The van der Waals surface area contributed by atoms with E-state index in [9.17, 15) is 4.79 Å². The maximum atomic E-state index is 11.9. The van der Waals surface area contributed by atoms with Crippen molar-refractivity contribution in [3.63, 3.8) is 0 Å². The molecule has 1 saturated heterocycles. The molecule has 0 aliphatic carbocycles. The van der Waals surface area contributed by atoms with Crippen molar-refractivity contribution >= 4 is 5.69 Å². The molecular formula is C20H29N5O. The zero-order valence-corrected chi connectivity index (χ0v) is 16.2. The van der Waals surface area contributed by atoms with Crippen molar-refractivity contribution in [2.75, 3.05) is 24.5 Å². The zero-order chi connectivity index (χ0) is 18.7. The summed E-state index contributed by atoms with van der Waals surface area (Å²) in [4.78, 5) is 21.2. The third kappa shape index (κ3) is 4.12. The lowest BCUT2D eigenvalue weighted by molar-refractivity contribution is 0.220. The lowest BCUT2D eigenvalue weighted by Gasteiger charge is -2.41. The molecule has 1 unspecified atom stereocenters. The standard InChI is InChI=1S/C20H29N5O/c1-14(2)10-18-17(6-5-7-21-18)13-24-8-9-25(15(3)12-24)19-11-22-23-20(26)16(19)4/h5-7,11,14-15H,8-10,12-13H2,1-4H3,(H,23,26). The minimum absolute atomic E-state index is 0.106. The molecular weight excluding hydrogens is 326 g/mol. The van der Waals surface area contributed by atoms with Gasteiger partial charge in [0.1, 0.15) is 0 Å². The monoisotopic (exact) mass is 355 g/mol. The maximum absolute atomic E-state index is 11.9. The summed E-state index contributed by atoms with van der Waals surface area (Å²) in [5, 5.41) is 6.49. The predicted molar refractivity (Wildman–Crippen MR) is 104 cm³/mol. The van der Waals surface area contributed by atoms with E-state index < -0.39 is 0 Å². The fourth-order valence-electron chi connectivity index (χ4n) is 3.70.